The van der Waals surface area contributed by atoms with Gasteiger partial charge in [-0.05, 0) is 64.2 Å². The average Bonchev–Trinajstić information content (AvgIpc) is 3.55. The molecule has 5 aromatic carbocycles. The van der Waals surface area contributed by atoms with Crippen molar-refractivity contribution >= 4 is 27.6 Å². The lowest BCUT2D eigenvalue weighted by Crippen LogP contribution is -2.03. The van der Waals surface area contributed by atoms with Crippen LogP contribution in [0.1, 0.15) is 0 Å². The number of hydrogen-bond donors (Lipinski definition) is 0. The minimum atomic E-state index is 0.911. The fourth-order valence-electron chi connectivity index (χ4n) is 6.59. The van der Waals surface area contributed by atoms with E-state index in [2.05, 4.69) is 148 Å². The van der Waals surface area contributed by atoms with Gasteiger partial charge in [-0.25, -0.2) is 4.98 Å². The summed E-state index contributed by atoms with van der Waals surface area (Å²) in [5, 5.41) is 1.22. The standard InChI is InChI=1S/C37H23N3/c1-8-18-32-24(11-1)23-36-39(32)33-19-9-10-20-34(33)40(36)35-22-21-31-29-16-5-4-14-27(29)25-12-2-3-13-26(25)28-15-6-7-17-30(28)37(31)38-35/h1-23H. The molecule has 0 atom stereocenters. The van der Waals surface area contributed by atoms with Gasteiger partial charge in [-0.2, -0.15) is 0 Å². The maximum atomic E-state index is 5.49. The highest BCUT2D eigenvalue weighted by molar-refractivity contribution is 6.02. The highest BCUT2D eigenvalue weighted by Gasteiger charge is 2.24. The van der Waals surface area contributed by atoms with Crippen molar-refractivity contribution < 1.29 is 0 Å². The van der Waals surface area contributed by atoms with Crippen LogP contribution in [-0.2, 0) is 0 Å². The van der Waals surface area contributed by atoms with Crippen molar-refractivity contribution in [2.24, 2.45) is 0 Å². The molecule has 3 heteroatoms. The van der Waals surface area contributed by atoms with Crippen LogP contribution in [0.15, 0.2) is 140 Å². The first-order chi connectivity index (χ1) is 19.9. The quantitative estimate of drug-likeness (QED) is 0.216. The van der Waals surface area contributed by atoms with Crippen molar-refractivity contribution in [1.29, 1.82) is 0 Å². The summed E-state index contributed by atoms with van der Waals surface area (Å²) in [5.41, 5.74) is 14.0. The topological polar surface area (TPSA) is 22.2 Å². The Balaban J connectivity index is 1.40. The minimum absolute atomic E-state index is 0.911. The maximum Gasteiger partial charge on any atom is 0.139 e. The summed E-state index contributed by atoms with van der Waals surface area (Å²) < 4.78 is 4.65. The van der Waals surface area contributed by atoms with Gasteiger partial charge in [0.15, 0.2) is 0 Å². The van der Waals surface area contributed by atoms with Crippen LogP contribution >= 0.6 is 0 Å². The zero-order valence-corrected chi connectivity index (χ0v) is 21.6. The molecule has 0 bridgehead atoms. The molecule has 3 aromatic heterocycles. The maximum absolute atomic E-state index is 5.49. The van der Waals surface area contributed by atoms with Gasteiger partial charge < -0.3 is 0 Å². The Morgan fingerprint density at radius 2 is 0.900 bits per heavy atom. The van der Waals surface area contributed by atoms with Gasteiger partial charge in [-0.1, -0.05) is 103 Å². The Morgan fingerprint density at radius 3 is 1.57 bits per heavy atom. The van der Waals surface area contributed by atoms with Crippen LogP contribution in [-0.4, -0.2) is 14.0 Å². The number of nitrogens with zero attached hydrogens (tertiary/aromatic N) is 3. The molecular formula is C37H23N3. The molecule has 3 heterocycles. The number of fused-ring (bicyclic) bond motifs is 13. The average molecular weight is 510 g/mol. The number of benzene rings is 5. The van der Waals surface area contributed by atoms with Crippen LogP contribution in [0.25, 0.3) is 78.0 Å². The van der Waals surface area contributed by atoms with Crippen molar-refractivity contribution in [3.8, 4) is 50.5 Å². The lowest BCUT2D eigenvalue weighted by atomic mass is 9.83. The van der Waals surface area contributed by atoms with E-state index in [1.807, 2.05) is 0 Å². The van der Waals surface area contributed by atoms with E-state index in [0.29, 0.717) is 0 Å². The molecule has 0 aliphatic heterocycles. The van der Waals surface area contributed by atoms with Gasteiger partial charge in [0.1, 0.15) is 11.5 Å². The van der Waals surface area contributed by atoms with E-state index in [4.69, 9.17) is 4.98 Å². The first-order valence-corrected chi connectivity index (χ1v) is 13.7. The van der Waals surface area contributed by atoms with Gasteiger partial charge in [0.2, 0.25) is 0 Å². The van der Waals surface area contributed by atoms with Crippen LogP contribution in [0.4, 0.5) is 0 Å². The largest absolute Gasteiger partial charge is 0.293 e. The smallest absolute Gasteiger partial charge is 0.139 e. The van der Waals surface area contributed by atoms with Gasteiger partial charge >= 0.3 is 0 Å². The number of hydrogen-bond acceptors (Lipinski definition) is 1. The minimum Gasteiger partial charge on any atom is -0.293 e. The van der Waals surface area contributed by atoms with E-state index >= 15 is 0 Å². The van der Waals surface area contributed by atoms with Gasteiger partial charge in [0.25, 0.3) is 0 Å². The molecule has 0 radical (unpaired) electrons. The van der Waals surface area contributed by atoms with E-state index in [1.54, 1.807) is 0 Å². The summed E-state index contributed by atoms with van der Waals surface area (Å²) in [6.45, 7) is 0. The highest BCUT2D eigenvalue weighted by Crippen LogP contribution is 2.47. The molecule has 1 aliphatic rings. The molecule has 9 rings (SSSR count). The number of para-hydroxylation sites is 3. The van der Waals surface area contributed by atoms with E-state index in [0.717, 1.165) is 33.8 Å². The lowest BCUT2D eigenvalue weighted by Gasteiger charge is -2.23. The van der Waals surface area contributed by atoms with Gasteiger partial charge in [-0.15, -0.1) is 0 Å². The zero-order chi connectivity index (χ0) is 26.2. The molecule has 3 nitrogen and oxygen atoms in total. The number of pyridine rings is 1. The molecule has 8 aromatic rings. The molecule has 40 heavy (non-hydrogen) atoms. The summed E-state index contributed by atoms with van der Waals surface area (Å²) in [6.07, 6.45) is 0. The predicted octanol–water partition coefficient (Wildman–Crippen LogP) is 9.41. The van der Waals surface area contributed by atoms with Crippen molar-refractivity contribution in [1.82, 2.24) is 14.0 Å². The molecule has 0 spiro atoms. The molecule has 0 fully saturated rings. The molecular weight excluding hydrogens is 486 g/mol. The Kier molecular flexibility index (Phi) is 4.33. The number of imidazole rings is 1. The first-order valence-electron chi connectivity index (χ1n) is 13.7. The molecule has 0 unspecified atom stereocenters. The van der Waals surface area contributed by atoms with Crippen molar-refractivity contribution in [3.63, 3.8) is 0 Å². The number of rotatable bonds is 1. The summed E-state index contributed by atoms with van der Waals surface area (Å²) >= 11 is 0. The third-order valence-electron chi connectivity index (χ3n) is 8.30. The fraction of sp³-hybridized carbons (Fsp3) is 0. The van der Waals surface area contributed by atoms with Crippen molar-refractivity contribution in [2.45, 2.75) is 0 Å². The van der Waals surface area contributed by atoms with Gasteiger partial charge in [0, 0.05) is 16.5 Å². The predicted molar refractivity (Wildman–Crippen MR) is 165 cm³/mol. The van der Waals surface area contributed by atoms with Crippen molar-refractivity contribution in [2.75, 3.05) is 0 Å². The Morgan fingerprint density at radius 1 is 0.400 bits per heavy atom. The van der Waals surface area contributed by atoms with E-state index in [-0.39, 0.29) is 0 Å². The zero-order valence-electron chi connectivity index (χ0n) is 21.6. The van der Waals surface area contributed by atoms with Crippen LogP contribution in [0.5, 0.6) is 0 Å². The summed E-state index contributed by atoms with van der Waals surface area (Å²) in [4.78, 5) is 5.49. The summed E-state index contributed by atoms with van der Waals surface area (Å²) in [7, 11) is 0. The molecule has 0 amide bonds. The van der Waals surface area contributed by atoms with Crippen molar-refractivity contribution in [3.05, 3.63) is 140 Å². The third kappa shape index (κ3) is 2.86. The number of aromatic nitrogens is 3. The van der Waals surface area contributed by atoms with E-state index in [1.165, 1.54) is 44.2 Å². The second-order valence-electron chi connectivity index (χ2n) is 10.4. The van der Waals surface area contributed by atoms with Crippen LogP contribution in [0.2, 0.25) is 0 Å². The molecule has 186 valence electrons. The fourth-order valence-corrected chi connectivity index (χ4v) is 6.59. The van der Waals surface area contributed by atoms with Crippen LogP contribution in [0.3, 0.4) is 0 Å². The Hall–Kier alpha value is -5.41. The van der Waals surface area contributed by atoms with Crippen LogP contribution < -0.4 is 0 Å². The summed E-state index contributed by atoms with van der Waals surface area (Å²) in [6, 6.07) is 50.0. The lowest BCUT2D eigenvalue weighted by molar-refractivity contribution is 1.07. The van der Waals surface area contributed by atoms with E-state index < -0.39 is 0 Å². The Bertz CT molecular complexity index is 2280. The molecule has 0 saturated carbocycles. The second-order valence-corrected chi connectivity index (χ2v) is 10.4. The van der Waals surface area contributed by atoms with Gasteiger partial charge in [0.05, 0.1) is 22.2 Å². The SMILES string of the molecule is c1ccc2c(c1)-c1ccccc1-c1ccc(-n3c4ccccc4n4c5ccccc5cc34)nc1-c1ccccc1-2. The summed E-state index contributed by atoms with van der Waals surface area (Å²) in [5.74, 6) is 0.911. The Labute approximate surface area is 231 Å². The highest BCUT2D eigenvalue weighted by atomic mass is 15.2. The molecule has 1 aliphatic carbocycles. The van der Waals surface area contributed by atoms with E-state index in [9.17, 15) is 0 Å². The normalized spacial score (nSPS) is 12.0. The molecule has 0 saturated heterocycles. The van der Waals surface area contributed by atoms with Gasteiger partial charge in [-0.3, -0.25) is 8.97 Å². The van der Waals surface area contributed by atoms with Crippen LogP contribution in [0, 0.1) is 0 Å². The first kappa shape index (κ1) is 21.5. The third-order valence-corrected chi connectivity index (χ3v) is 8.30. The second kappa shape index (κ2) is 8.05. The molecule has 0 N–H and O–H groups in total. The monoisotopic (exact) mass is 509 g/mol.